The molecule has 0 bridgehead atoms. The van der Waals surface area contributed by atoms with Gasteiger partial charge in [-0.3, -0.25) is 4.98 Å². The first-order valence-electron chi connectivity index (χ1n) is 5.78. The summed E-state index contributed by atoms with van der Waals surface area (Å²) in [5.74, 6) is 0.786. The van der Waals surface area contributed by atoms with Crippen molar-refractivity contribution in [3.63, 3.8) is 0 Å². The highest BCUT2D eigenvalue weighted by Gasteiger charge is 2.18. The maximum Gasteiger partial charge on any atom is 0.124 e. The Morgan fingerprint density at radius 3 is 2.68 bits per heavy atom. The second-order valence-corrected chi connectivity index (χ2v) is 5.36. The maximum atomic E-state index is 6.08. The van der Waals surface area contributed by atoms with E-state index in [0.29, 0.717) is 5.02 Å². The number of methoxy groups -OCH3 is 1. The molecule has 19 heavy (non-hydrogen) atoms. The summed E-state index contributed by atoms with van der Waals surface area (Å²) in [6.07, 6.45) is 1.77. The summed E-state index contributed by atoms with van der Waals surface area (Å²) in [6.45, 7) is 0. The molecule has 3 nitrogen and oxygen atoms in total. The van der Waals surface area contributed by atoms with Gasteiger partial charge < -0.3 is 10.1 Å². The summed E-state index contributed by atoms with van der Waals surface area (Å²) in [5, 5.41) is 3.91. The van der Waals surface area contributed by atoms with Crippen LogP contribution in [-0.2, 0) is 0 Å². The molecule has 1 unspecified atom stereocenters. The van der Waals surface area contributed by atoms with Crippen LogP contribution in [0.1, 0.15) is 17.3 Å². The van der Waals surface area contributed by atoms with Gasteiger partial charge in [0.05, 0.1) is 18.8 Å². The molecular weight excluding hydrogens is 328 g/mol. The molecule has 0 spiro atoms. The van der Waals surface area contributed by atoms with E-state index in [2.05, 4.69) is 26.2 Å². The fourth-order valence-electron chi connectivity index (χ4n) is 1.95. The van der Waals surface area contributed by atoms with Crippen molar-refractivity contribution in [3.8, 4) is 5.75 Å². The van der Waals surface area contributed by atoms with Gasteiger partial charge in [-0.05, 0) is 53.3 Å². The molecule has 2 rings (SSSR count). The number of benzene rings is 1. The molecule has 0 aliphatic rings. The highest BCUT2D eigenvalue weighted by Crippen LogP contribution is 2.31. The Hall–Kier alpha value is -1.10. The van der Waals surface area contributed by atoms with Gasteiger partial charge in [0.1, 0.15) is 5.75 Å². The van der Waals surface area contributed by atoms with Crippen molar-refractivity contribution in [2.75, 3.05) is 14.2 Å². The Balaban J connectivity index is 2.47. The number of halogens is 2. The van der Waals surface area contributed by atoms with Crippen molar-refractivity contribution in [3.05, 3.63) is 57.3 Å². The molecule has 2 aromatic rings. The van der Waals surface area contributed by atoms with Crippen molar-refractivity contribution >= 4 is 27.5 Å². The van der Waals surface area contributed by atoms with E-state index in [9.17, 15) is 0 Å². The van der Waals surface area contributed by atoms with Crippen molar-refractivity contribution in [2.24, 2.45) is 0 Å². The minimum Gasteiger partial charge on any atom is -0.496 e. The van der Waals surface area contributed by atoms with E-state index in [-0.39, 0.29) is 6.04 Å². The van der Waals surface area contributed by atoms with Crippen LogP contribution in [-0.4, -0.2) is 19.1 Å². The number of rotatable bonds is 4. The van der Waals surface area contributed by atoms with Gasteiger partial charge in [0, 0.05) is 21.3 Å². The summed E-state index contributed by atoms with van der Waals surface area (Å²) in [7, 11) is 3.53. The molecule has 0 fully saturated rings. The van der Waals surface area contributed by atoms with E-state index in [0.717, 1.165) is 21.5 Å². The molecule has 0 saturated carbocycles. The minimum absolute atomic E-state index is 0.0678. The topological polar surface area (TPSA) is 34.2 Å². The third-order valence-electron chi connectivity index (χ3n) is 2.84. The van der Waals surface area contributed by atoms with Crippen LogP contribution >= 0.6 is 27.5 Å². The van der Waals surface area contributed by atoms with Crippen LogP contribution in [0.4, 0.5) is 0 Å². The Morgan fingerprint density at radius 1 is 1.32 bits per heavy atom. The van der Waals surface area contributed by atoms with Gasteiger partial charge in [0.15, 0.2) is 0 Å². The zero-order valence-electron chi connectivity index (χ0n) is 10.7. The SMILES string of the molecule is CNC(c1ccc(Br)cn1)c1cc(Cl)ccc1OC. The summed E-state index contributed by atoms with van der Waals surface area (Å²) in [6, 6.07) is 9.43. The van der Waals surface area contributed by atoms with Crippen LogP contribution in [0.25, 0.3) is 0 Å². The number of nitrogens with one attached hydrogen (secondary N) is 1. The van der Waals surface area contributed by atoms with Gasteiger partial charge in [-0.2, -0.15) is 0 Å². The first-order chi connectivity index (χ1) is 9.15. The van der Waals surface area contributed by atoms with Crippen molar-refractivity contribution < 1.29 is 4.74 Å². The maximum absolute atomic E-state index is 6.08. The van der Waals surface area contributed by atoms with Crippen molar-refractivity contribution in [1.82, 2.24) is 10.3 Å². The van der Waals surface area contributed by atoms with E-state index < -0.39 is 0 Å². The van der Waals surface area contributed by atoms with Gasteiger partial charge in [-0.15, -0.1) is 0 Å². The summed E-state index contributed by atoms with van der Waals surface area (Å²) in [5.41, 5.74) is 1.87. The van der Waals surface area contributed by atoms with E-state index >= 15 is 0 Å². The van der Waals surface area contributed by atoms with Gasteiger partial charge in [-0.1, -0.05) is 11.6 Å². The number of aromatic nitrogens is 1. The molecule has 0 radical (unpaired) electrons. The molecule has 1 atom stereocenters. The molecule has 1 heterocycles. The Kier molecular flexibility index (Phi) is 4.80. The highest BCUT2D eigenvalue weighted by atomic mass is 79.9. The van der Waals surface area contributed by atoms with E-state index in [1.54, 1.807) is 13.3 Å². The lowest BCUT2D eigenvalue weighted by atomic mass is 10.0. The van der Waals surface area contributed by atoms with Crippen LogP contribution in [0.2, 0.25) is 5.02 Å². The first-order valence-corrected chi connectivity index (χ1v) is 6.95. The largest absolute Gasteiger partial charge is 0.496 e. The number of hydrogen-bond acceptors (Lipinski definition) is 3. The molecule has 1 N–H and O–H groups in total. The standard InChI is InChI=1S/C14H14BrClN2O/c1-17-14(12-5-3-9(15)8-18-12)11-7-10(16)4-6-13(11)19-2/h3-8,14,17H,1-2H3. The monoisotopic (exact) mass is 340 g/mol. The molecule has 100 valence electrons. The van der Waals surface area contributed by atoms with Crippen LogP contribution in [0.15, 0.2) is 41.0 Å². The minimum atomic E-state index is -0.0678. The number of ether oxygens (including phenoxy) is 1. The normalized spacial score (nSPS) is 12.2. The van der Waals surface area contributed by atoms with E-state index in [1.165, 1.54) is 0 Å². The third-order valence-corrected chi connectivity index (χ3v) is 3.54. The van der Waals surface area contributed by atoms with E-state index in [4.69, 9.17) is 16.3 Å². The van der Waals surface area contributed by atoms with E-state index in [1.807, 2.05) is 37.4 Å². The van der Waals surface area contributed by atoms with Gasteiger partial charge >= 0.3 is 0 Å². The quantitative estimate of drug-likeness (QED) is 0.918. The smallest absolute Gasteiger partial charge is 0.124 e. The number of hydrogen-bond donors (Lipinski definition) is 1. The predicted molar refractivity (Wildman–Crippen MR) is 80.8 cm³/mol. The second kappa shape index (κ2) is 6.37. The zero-order chi connectivity index (χ0) is 13.8. The molecule has 1 aromatic heterocycles. The van der Waals surface area contributed by atoms with Gasteiger partial charge in [0.25, 0.3) is 0 Å². The van der Waals surface area contributed by atoms with Gasteiger partial charge in [-0.25, -0.2) is 0 Å². The zero-order valence-corrected chi connectivity index (χ0v) is 13.0. The fraction of sp³-hybridized carbons (Fsp3) is 0.214. The fourth-order valence-corrected chi connectivity index (χ4v) is 2.37. The van der Waals surface area contributed by atoms with Crippen molar-refractivity contribution in [1.29, 1.82) is 0 Å². The third kappa shape index (κ3) is 3.26. The van der Waals surface area contributed by atoms with Crippen LogP contribution in [0.3, 0.4) is 0 Å². The molecule has 1 aromatic carbocycles. The van der Waals surface area contributed by atoms with Crippen LogP contribution < -0.4 is 10.1 Å². The first kappa shape index (κ1) is 14.3. The Labute approximate surface area is 126 Å². The molecule has 0 aliphatic heterocycles. The summed E-state index contributed by atoms with van der Waals surface area (Å²) >= 11 is 9.46. The average Bonchev–Trinajstić information content (AvgIpc) is 2.42. The lowest BCUT2D eigenvalue weighted by Gasteiger charge is -2.19. The average molecular weight is 342 g/mol. The van der Waals surface area contributed by atoms with Crippen LogP contribution in [0.5, 0.6) is 5.75 Å². The molecule has 0 aliphatic carbocycles. The van der Waals surface area contributed by atoms with Crippen LogP contribution in [0, 0.1) is 0 Å². The summed E-state index contributed by atoms with van der Waals surface area (Å²) < 4.78 is 6.34. The molecule has 0 saturated heterocycles. The van der Waals surface area contributed by atoms with Gasteiger partial charge in [0.2, 0.25) is 0 Å². The molecular formula is C14H14BrClN2O. The number of nitrogens with zero attached hydrogens (tertiary/aromatic N) is 1. The number of pyridine rings is 1. The second-order valence-electron chi connectivity index (χ2n) is 4.01. The summed E-state index contributed by atoms with van der Waals surface area (Å²) in [4.78, 5) is 4.42. The highest BCUT2D eigenvalue weighted by molar-refractivity contribution is 9.10. The predicted octanol–water partition coefficient (Wildman–Crippen LogP) is 3.81. The van der Waals surface area contributed by atoms with Crippen molar-refractivity contribution in [2.45, 2.75) is 6.04 Å². The Morgan fingerprint density at radius 2 is 2.11 bits per heavy atom. The molecule has 5 heteroatoms. The lowest BCUT2D eigenvalue weighted by molar-refractivity contribution is 0.405. The lowest BCUT2D eigenvalue weighted by Crippen LogP contribution is -2.19. The Bertz CT molecular complexity index is 560. The molecule has 0 amide bonds.